The van der Waals surface area contributed by atoms with Crippen LogP contribution >= 0.6 is 0 Å². The van der Waals surface area contributed by atoms with Crippen LogP contribution in [0.3, 0.4) is 0 Å². The molecule has 144 valence electrons. The summed E-state index contributed by atoms with van der Waals surface area (Å²) in [6.45, 7) is 12.1. The van der Waals surface area contributed by atoms with Crippen LogP contribution in [0, 0.1) is 5.92 Å². The number of likely N-dealkylation sites (tertiary alicyclic amines) is 1. The highest BCUT2D eigenvalue weighted by atomic mass is 15.3. The van der Waals surface area contributed by atoms with Crippen molar-refractivity contribution < 1.29 is 0 Å². The Hall–Kier alpha value is -1.68. The van der Waals surface area contributed by atoms with Gasteiger partial charge in [0, 0.05) is 39.3 Å². The first-order chi connectivity index (χ1) is 13.3. The van der Waals surface area contributed by atoms with Gasteiger partial charge in [0.1, 0.15) is 0 Å². The fourth-order valence-electron chi connectivity index (χ4n) is 4.80. The van der Waals surface area contributed by atoms with Gasteiger partial charge in [0.2, 0.25) is 0 Å². The Morgan fingerprint density at radius 3 is 1.89 bits per heavy atom. The highest BCUT2D eigenvalue weighted by Crippen LogP contribution is 2.29. The van der Waals surface area contributed by atoms with Gasteiger partial charge in [0.05, 0.1) is 6.04 Å². The van der Waals surface area contributed by atoms with Crippen LogP contribution in [0.25, 0.3) is 0 Å². The van der Waals surface area contributed by atoms with Gasteiger partial charge in [-0.2, -0.15) is 0 Å². The topological polar surface area (TPSA) is 9.72 Å². The van der Waals surface area contributed by atoms with Gasteiger partial charge in [-0.1, -0.05) is 67.6 Å². The summed E-state index contributed by atoms with van der Waals surface area (Å²) in [6, 6.07) is 22.4. The molecule has 0 amide bonds. The minimum Gasteiger partial charge on any atom is -0.303 e. The van der Waals surface area contributed by atoms with E-state index < -0.39 is 0 Å². The van der Waals surface area contributed by atoms with E-state index in [-0.39, 0.29) is 0 Å². The molecular formula is C24H33N3. The highest BCUT2D eigenvalue weighted by molar-refractivity contribution is 5.31. The molecule has 0 bridgehead atoms. The van der Waals surface area contributed by atoms with Gasteiger partial charge >= 0.3 is 0 Å². The summed E-state index contributed by atoms with van der Waals surface area (Å²) < 4.78 is 0. The number of nitrogens with zero attached hydrogens (tertiary/aromatic N) is 3. The minimum absolute atomic E-state index is 0.372. The van der Waals surface area contributed by atoms with Crippen LogP contribution in [0.5, 0.6) is 0 Å². The Morgan fingerprint density at radius 2 is 1.37 bits per heavy atom. The molecule has 0 saturated carbocycles. The molecule has 0 radical (unpaired) electrons. The monoisotopic (exact) mass is 363 g/mol. The van der Waals surface area contributed by atoms with Gasteiger partial charge in [-0.05, 0) is 36.6 Å². The SMILES string of the molecule is CCN1CCC(CN2CCN(C(c3ccccc3)c3ccccc3)CC2)C1. The first kappa shape index (κ1) is 18.7. The van der Waals surface area contributed by atoms with Crippen LogP contribution in [0.2, 0.25) is 0 Å². The predicted molar refractivity (Wildman–Crippen MR) is 113 cm³/mol. The van der Waals surface area contributed by atoms with Crippen LogP contribution in [-0.4, -0.2) is 67.1 Å². The fourth-order valence-corrected chi connectivity index (χ4v) is 4.80. The van der Waals surface area contributed by atoms with Crippen molar-refractivity contribution in [3.05, 3.63) is 71.8 Å². The summed E-state index contributed by atoms with van der Waals surface area (Å²) in [6.07, 6.45) is 1.38. The number of rotatable bonds is 6. The first-order valence-electron chi connectivity index (χ1n) is 10.6. The molecule has 2 aliphatic rings. The van der Waals surface area contributed by atoms with Crippen LogP contribution in [0.4, 0.5) is 0 Å². The van der Waals surface area contributed by atoms with Gasteiger partial charge in [0.15, 0.2) is 0 Å². The Balaban J connectivity index is 1.40. The maximum absolute atomic E-state index is 2.70. The number of benzene rings is 2. The molecule has 1 unspecified atom stereocenters. The zero-order valence-electron chi connectivity index (χ0n) is 16.6. The lowest BCUT2D eigenvalue weighted by Crippen LogP contribution is -2.49. The van der Waals surface area contributed by atoms with Crippen LogP contribution in [0.1, 0.15) is 30.5 Å². The average molecular weight is 364 g/mol. The lowest BCUT2D eigenvalue weighted by Gasteiger charge is -2.40. The zero-order chi connectivity index (χ0) is 18.5. The van der Waals surface area contributed by atoms with E-state index in [1.54, 1.807) is 0 Å². The maximum atomic E-state index is 2.70. The van der Waals surface area contributed by atoms with Crippen molar-refractivity contribution in [2.75, 3.05) is 52.4 Å². The van der Waals surface area contributed by atoms with Crippen molar-refractivity contribution in [1.29, 1.82) is 0 Å². The largest absolute Gasteiger partial charge is 0.303 e. The number of hydrogen-bond donors (Lipinski definition) is 0. The molecule has 2 saturated heterocycles. The summed E-state index contributed by atoms with van der Waals surface area (Å²) in [4.78, 5) is 7.98. The van der Waals surface area contributed by atoms with Crippen LogP contribution < -0.4 is 0 Å². The molecule has 3 nitrogen and oxygen atoms in total. The summed E-state index contributed by atoms with van der Waals surface area (Å²) in [5.74, 6) is 0.871. The number of piperazine rings is 1. The van der Waals surface area contributed by atoms with Gasteiger partial charge in [-0.25, -0.2) is 0 Å². The van der Waals surface area contributed by atoms with E-state index in [9.17, 15) is 0 Å². The van der Waals surface area contributed by atoms with Crippen molar-refractivity contribution >= 4 is 0 Å². The van der Waals surface area contributed by atoms with Gasteiger partial charge in [-0.15, -0.1) is 0 Å². The minimum atomic E-state index is 0.372. The Kier molecular flexibility index (Phi) is 6.23. The van der Waals surface area contributed by atoms with Crippen molar-refractivity contribution in [3.8, 4) is 0 Å². The van der Waals surface area contributed by atoms with Crippen LogP contribution in [-0.2, 0) is 0 Å². The average Bonchev–Trinajstić information content (AvgIpc) is 3.19. The molecule has 2 heterocycles. The third-order valence-electron chi connectivity index (χ3n) is 6.34. The second kappa shape index (κ2) is 9.01. The second-order valence-electron chi connectivity index (χ2n) is 8.11. The van der Waals surface area contributed by atoms with Crippen molar-refractivity contribution in [1.82, 2.24) is 14.7 Å². The smallest absolute Gasteiger partial charge is 0.0602 e. The van der Waals surface area contributed by atoms with E-state index in [1.807, 2.05) is 0 Å². The Labute approximate surface area is 164 Å². The molecule has 0 N–H and O–H groups in total. The van der Waals surface area contributed by atoms with E-state index in [0.29, 0.717) is 6.04 Å². The summed E-state index contributed by atoms with van der Waals surface area (Å²) in [7, 11) is 0. The van der Waals surface area contributed by atoms with Gasteiger partial charge in [0.25, 0.3) is 0 Å². The lowest BCUT2D eigenvalue weighted by atomic mass is 9.96. The third kappa shape index (κ3) is 4.60. The molecule has 0 spiro atoms. The van der Waals surface area contributed by atoms with E-state index >= 15 is 0 Å². The molecule has 2 aliphatic heterocycles. The van der Waals surface area contributed by atoms with Gasteiger partial charge < -0.3 is 9.80 Å². The standard InChI is InChI=1S/C24H33N3/c1-2-25-14-13-21(19-25)20-26-15-17-27(18-16-26)24(22-9-5-3-6-10-22)23-11-7-4-8-12-23/h3-12,21,24H,2,13-20H2,1H3. The van der Waals surface area contributed by atoms with E-state index in [0.717, 1.165) is 19.0 Å². The Morgan fingerprint density at radius 1 is 0.778 bits per heavy atom. The maximum Gasteiger partial charge on any atom is 0.0602 e. The van der Waals surface area contributed by atoms with E-state index in [1.165, 1.54) is 56.8 Å². The highest BCUT2D eigenvalue weighted by Gasteiger charge is 2.29. The van der Waals surface area contributed by atoms with Crippen LogP contribution in [0.15, 0.2) is 60.7 Å². The summed E-state index contributed by atoms with van der Waals surface area (Å²) >= 11 is 0. The van der Waals surface area contributed by atoms with E-state index in [4.69, 9.17) is 0 Å². The molecule has 2 fully saturated rings. The zero-order valence-corrected chi connectivity index (χ0v) is 16.6. The molecule has 0 aliphatic carbocycles. The molecule has 0 aromatic heterocycles. The van der Waals surface area contributed by atoms with Gasteiger partial charge in [-0.3, -0.25) is 4.90 Å². The quantitative estimate of drug-likeness (QED) is 0.774. The molecule has 2 aromatic carbocycles. The molecule has 3 heteroatoms. The first-order valence-corrected chi connectivity index (χ1v) is 10.6. The molecule has 4 rings (SSSR count). The third-order valence-corrected chi connectivity index (χ3v) is 6.34. The van der Waals surface area contributed by atoms with E-state index in [2.05, 4.69) is 82.3 Å². The normalized spacial score (nSPS) is 22.5. The molecule has 1 atom stereocenters. The van der Waals surface area contributed by atoms with Crippen molar-refractivity contribution in [2.24, 2.45) is 5.92 Å². The lowest BCUT2D eigenvalue weighted by molar-refractivity contribution is 0.0980. The molecular weight excluding hydrogens is 330 g/mol. The fraction of sp³-hybridized carbons (Fsp3) is 0.500. The summed E-state index contributed by atoms with van der Waals surface area (Å²) in [5.41, 5.74) is 2.82. The summed E-state index contributed by atoms with van der Waals surface area (Å²) in [5, 5.41) is 0. The number of hydrogen-bond acceptors (Lipinski definition) is 3. The van der Waals surface area contributed by atoms with Crippen molar-refractivity contribution in [3.63, 3.8) is 0 Å². The molecule has 2 aromatic rings. The second-order valence-corrected chi connectivity index (χ2v) is 8.11. The van der Waals surface area contributed by atoms with Crippen molar-refractivity contribution in [2.45, 2.75) is 19.4 Å². The Bertz CT molecular complexity index is 640. The predicted octanol–water partition coefficient (Wildman–Crippen LogP) is 3.74. The molecule has 27 heavy (non-hydrogen) atoms.